The van der Waals surface area contributed by atoms with Crippen LogP contribution in [-0.4, -0.2) is 54.7 Å². The maximum atomic E-state index is 11.8. The number of rotatable bonds is 3. The maximum Gasteiger partial charge on any atom is 0.211 e. The maximum absolute atomic E-state index is 11.8. The topological polar surface area (TPSA) is 70.5 Å². The van der Waals surface area contributed by atoms with E-state index < -0.39 is 10.0 Å². The van der Waals surface area contributed by atoms with Crippen molar-refractivity contribution in [1.29, 1.82) is 0 Å². The Morgan fingerprint density at radius 2 is 1.79 bits per heavy atom. The fourth-order valence-electron chi connectivity index (χ4n) is 4.25. The second-order valence-electron chi connectivity index (χ2n) is 7.46. The van der Waals surface area contributed by atoms with Crippen LogP contribution in [0.2, 0.25) is 0 Å². The van der Waals surface area contributed by atoms with Gasteiger partial charge < -0.3 is 14.8 Å². The van der Waals surface area contributed by atoms with Crippen LogP contribution in [0.15, 0.2) is 60.9 Å². The van der Waals surface area contributed by atoms with E-state index in [0.717, 1.165) is 28.5 Å². The van der Waals surface area contributed by atoms with Crippen molar-refractivity contribution in [2.24, 2.45) is 0 Å². The van der Waals surface area contributed by atoms with E-state index in [1.807, 2.05) is 18.2 Å². The fourth-order valence-corrected chi connectivity index (χ4v) is 5.08. The van der Waals surface area contributed by atoms with Crippen molar-refractivity contribution < 1.29 is 8.42 Å². The first-order valence-electron chi connectivity index (χ1n) is 9.70. The molecule has 2 aliphatic rings. The van der Waals surface area contributed by atoms with E-state index in [9.17, 15) is 8.42 Å². The molecule has 1 fully saturated rings. The number of pyridine rings is 1. The van der Waals surface area contributed by atoms with Gasteiger partial charge >= 0.3 is 0 Å². The second kappa shape index (κ2) is 6.89. The Bertz CT molecular complexity index is 1150. The SMILES string of the molecule is CS(=O)(=O)N1CCN(c2ncccc2C2Nc3ccccc3-n3cccc32)CC1. The highest BCUT2D eigenvalue weighted by Gasteiger charge is 2.30. The molecule has 4 heterocycles. The number of benzene rings is 1. The molecule has 7 nitrogen and oxygen atoms in total. The molecule has 0 aliphatic carbocycles. The fraction of sp³-hybridized carbons (Fsp3) is 0.286. The highest BCUT2D eigenvalue weighted by atomic mass is 32.2. The van der Waals surface area contributed by atoms with Crippen LogP contribution < -0.4 is 10.2 Å². The molecule has 1 aromatic carbocycles. The largest absolute Gasteiger partial charge is 0.371 e. The zero-order chi connectivity index (χ0) is 20.0. The van der Waals surface area contributed by atoms with Crippen molar-refractivity contribution >= 4 is 21.5 Å². The van der Waals surface area contributed by atoms with Crippen molar-refractivity contribution in [2.45, 2.75) is 6.04 Å². The van der Waals surface area contributed by atoms with Gasteiger partial charge in [-0.2, -0.15) is 4.31 Å². The molecule has 150 valence electrons. The van der Waals surface area contributed by atoms with Crippen LogP contribution >= 0.6 is 0 Å². The lowest BCUT2D eigenvalue weighted by Crippen LogP contribution is -2.49. The van der Waals surface area contributed by atoms with Gasteiger partial charge in [0.15, 0.2) is 0 Å². The van der Waals surface area contributed by atoms with Crippen molar-refractivity contribution in [3.05, 3.63) is 72.2 Å². The summed E-state index contributed by atoms with van der Waals surface area (Å²) in [6.07, 6.45) is 5.16. The Kier molecular flexibility index (Phi) is 4.33. The minimum Gasteiger partial charge on any atom is -0.371 e. The van der Waals surface area contributed by atoms with E-state index in [1.54, 1.807) is 6.20 Å². The summed E-state index contributed by atoms with van der Waals surface area (Å²) in [6, 6.07) is 16.5. The molecule has 0 amide bonds. The van der Waals surface area contributed by atoms with E-state index in [-0.39, 0.29) is 6.04 Å². The van der Waals surface area contributed by atoms with Crippen LogP contribution in [0.1, 0.15) is 17.3 Å². The third kappa shape index (κ3) is 3.18. The summed E-state index contributed by atoms with van der Waals surface area (Å²) < 4.78 is 27.4. The highest BCUT2D eigenvalue weighted by molar-refractivity contribution is 7.88. The predicted molar refractivity (Wildman–Crippen MR) is 114 cm³/mol. The quantitative estimate of drug-likeness (QED) is 0.720. The molecular formula is C21H23N5O2S. The normalized spacial score (nSPS) is 19.3. The number of nitrogens with one attached hydrogen (secondary N) is 1. The number of sulfonamides is 1. The van der Waals surface area contributed by atoms with Gasteiger partial charge in [-0.05, 0) is 30.3 Å². The van der Waals surface area contributed by atoms with Gasteiger partial charge in [0.1, 0.15) is 5.82 Å². The molecule has 29 heavy (non-hydrogen) atoms. The summed E-state index contributed by atoms with van der Waals surface area (Å²) in [6.45, 7) is 2.21. The third-order valence-corrected chi connectivity index (χ3v) is 6.98. The number of para-hydroxylation sites is 2. The van der Waals surface area contributed by atoms with E-state index in [0.29, 0.717) is 26.2 Å². The minimum absolute atomic E-state index is 0.0310. The first-order chi connectivity index (χ1) is 14.0. The Balaban J connectivity index is 1.50. The number of aromatic nitrogens is 2. The third-order valence-electron chi connectivity index (χ3n) is 5.67. The van der Waals surface area contributed by atoms with Gasteiger partial charge in [0.2, 0.25) is 10.0 Å². The molecule has 2 aromatic heterocycles. The smallest absolute Gasteiger partial charge is 0.211 e. The summed E-state index contributed by atoms with van der Waals surface area (Å²) >= 11 is 0. The minimum atomic E-state index is -3.16. The summed E-state index contributed by atoms with van der Waals surface area (Å²) in [5.41, 5.74) is 4.47. The summed E-state index contributed by atoms with van der Waals surface area (Å²) in [7, 11) is -3.16. The number of piperazine rings is 1. The highest BCUT2D eigenvalue weighted by Crippen LogP contribution is 2.39. The van der Waals surface area contributed by atoms with Crippen molar-refractivity contribution in [2.75, 3.05) is 42.7 Å². The van der Waals surface area contributed by atoms with Gasteiger partial charge in [-0.3, -0.25) is 0 Å². The van der Waals surface area contributed by atoms with E-state index in [4.69, 9.17) is 0 Å². The van der Waals surface area contributed by atoms with Crippen LogP contribution in [0.4, 0.5) is 11.5 Å². The molecule has 0 saturated carbocycles. The van der Waals surface area contributed by atoms with Crippen LogP contribution in [0.5, 0.6) is 0 Å². The lowest BCUT2D eigenvalue weighted by atomic mass is 10.0. The number of anilines is 2. The van der Waals surface area contributed by atoms with Crippen LogP contribution in [0, 0.1) is 0 Å². The van der Waals surface area contributed by atoms with Crippen LogP contribution in [0.3, 0.4) is 0 Å². The predicted octanol–water partition coefficient (Wildman–Crippen LogP) is 2.47. The number of hydrogen-bond acceptors (Lipinski definition) is 5. The zero-order valence-corrected chi connectivity index (χ0v) is 17.0. The average Bonchev–Trinajstić information content (AvgIpc) is 3.23. The number of nitrogens with zero attached hydrogens (tertiary/aromatic N) is 4. The lowest BCUT2D eigenvalue weighted by Gasteiger charge is -2.37. The molecule has 8 heteroatoms. The van der Waals surface area contributed by atoms with Gasteiger partial charge in [0, 0.05) is 49.8 Å². The Morgan fingerprint density at radius 3 is 2.59 bits per heavy atom. The van der Waals surface area contributed by atoms with Crippen molar-refractivity contribution in [3.63, 3.8) is 0 Å². The monoisotopic (exact) mass is 409 g/mol. The summed E-state index contributed by atoms with van der Waals surface area (Å²) in [4.78, 5) is 6.87. The van der Waals surface area contributed by atoms with E-state index >= 15 is 0 Å². The molecular weight excluding hydrogens is 386 g/mol. The van der Waals surface area contributed by atoms with Gasteiger partial charge in [-0.15, -0.1) is 0 Å². The van der Waals surface area contributed by atoms with Gasteiger partial charge in [0.25, 0.3) is 0 Å². The molecule has 1 atom stereocenters. The van der Waals surface area contributed by atoms with Gasteiger partial charge in [-0.25, -0.2) is 13.4 Å². The second-order valence-corrected chi connectivity index (χ2v) is 9.45. The first-order valence-corrected chi connectivity index (χ1v) is 11.6. The Labute approximate surface area is 170 Å². The van der Waals surface area contributed by atoms with Crippen LogP contribution in [0.25, 0.3) is 5.69 Å². The van der Waals surface area contributed by atoms with E-state index in [1.165, 1.54) is 10.6 Å². The average molecular weight is 410 g/mol. The van der Waals surface area contributed by atoms with Crippen LogP contribution in [-0.2, 0) is 10.0 Å². The molecule has 1 N–H and O–H groups in total. The Morgan fingerprint density at radius 1 is 1.00 bits per heavy atom. The first kappa shape index (κ1) is 18.2. The molecule has 0 bridgehead atoms. The standard InChI is InChI=1S/C21H23N5O2S/c1-29(27,28)25-14-12-24(13-15-25)21-16(6-4-10-22-21)20-19-9-5-11-26(19)18-8-3-2-7-17(18)23-20/h2-11,20,23H,12-15H2,1H3. The molecule has 0 spiro atoms. The molecule has 3 aromatic rings. The summed E-state index contributed by atoms with van der Waals surface area (Å²) in [5.74, 6) is 0.908. The lowest BCUT2D eigenvalue weighted by molar-refractivity contribution is 0.386. The zero-order valence-electron chi connectivity index (χ0n) is 16.2. The molecule has 2 aliphatic heterocycles. The molecule has 5 rings (SSSR count). The molecule has 1 unspecified atom stereocenters. The van der Waals surface area contributed by atoms with E-state index in [2.05, 4.69) is 56.3 Å². The molecule has 0 radical (unpaired) electrons. The molecule has 1 saturated heterocycles. The number of fused-ring (bicyclic) bond motifs is 3. The van der Waals surface area contributed by atoms with Gasteiger partial charge in [-0.1, -0.05) is 18.2 Å². The number of hydrogen-bond donors (Lipinski definition) is 1. The Hall–Kier alpha value is -2.84. The van der Waals surface area contributed by atoms with Crippen molar-refractivity contribution in [3.8, 4) is 5.69 Å². The van der Waals surface area contributed by atoms with Gasteiger partial charge in [0.05, 0.1) is 23.7 Å². The summed E-state index contributed by atoms with van der Waals surface area (Å²) in [5, 5.41) is 3.67. The van der Waals surface area contributed by atoms with Crippen molar-refractivity contribution in [1.82, 2.24) is 13.9 Å².